The lowest BCUT2D eigenvalue weighted by molar-refractivity contribution is 0.536. The summed E-state index contributed by atoms with van der Waals surface area (Å²) in [5.41, 5.74) is 0. The normalized spacial score (nSPS) is 21.3. The molecule has 0 spiro atoms. The zero-order chi connectivity index (χ0) is 15.2. The summed E-state index contributed by atoms with van der Waals surface area (Å²) in [7, 11) is 1.84. The standard InChI is InChI=1S/C15H28N6/c1-5-21(6-2)15-19-13(16-4)18-14(20-15)17-10-12-8-7-11(3)9-12/h11-12H,5-10H2,1-4H3,(H2,16,17,18,19,20). The second kappa shape index (κ2) is 7.43. The van der Waals surface area contributed by atoms with E-state index in [2.05, 4.69) is 51.3 Å². The Balaban J connectivity index is 2.05. The molecular formula is C15H28N6. The average Bonchev–Trinajstić information content (AvgIpc) is 2.92. The Morgan fingerprint density at radius 3 is 2.38 bits per heavy atom. The molecule has 21 heavy (non-hydrogen) atoms. The van der Waals surface area contributed by atoms with E-state index in [-0.39, 0.29) is 0 Å². The highest BCUT2D eigenvalue weighted by atomic mass is 15.3. The maximum atomic E-state index is 4.56. The van der Waals surface area contributed by atoms with Gasteiger partial charge in [0.25, 0.3) is 0 Å². The van der Waals surface area contributed by atoms with Crippen molar-refractivity contribution in [1.29, 1.82) is 0 Å². The number of hydrogen-bond donors (Lipinski definition) is 2. The first kappa shape index (κ1) is 15.8. The van der Waals surface area contributed by atoms with Gasteiger partial charge in [0, 0.05) is 26.7 Å². The molecule has 6 heteroatoms. The molecule has 0 radical (unpaired) electrons. The van der Waals surface area contributed by atoms with Gasteiger partial charge in [0.2, 0.25) is 17.8 Å². The Labute approximate surface area is 127 Å². The van der Waals surface area contributed by atoms with Crippen LogP contribution in [0, 0.1) is 11.8 Å². The van der Waals surface area contributed by atoms with Gasteiger partial charge in [0.1, 0.15) is 0 Å². The molecule has 1 aliphatic carbocycles. The average molecular weight is 292 g/mol. The molecule has 2 unspecified atom stereocenters. The van der Waals surface area contributed by atoms with Crippen LogP contribution in [-0.4, -0.2) is 41.6 Å². The van der Waals surface area contributed by atoms with Crippen LogP contribution in [0.15, 0.2) is 0 Å². The third kappa shape index (κ3) is 4.19. The Morgan fingerprint density at radius 1 is 1.10 bits per heavy atom. The highest BCUT2D eigenvalue weighted by Gasteiger charge is 2.21. The number of aromatic nitrogens is 3. The van der Waals surface area contributed by atoms with Crippen LogP contribution in [0.1, 0.15) is 40.0 Å². The predicted molar refractivity (Wildman–Crippen MR) is 87.9 cm³/mol. The second-order valence-electron chi connectivity index (χ2n) is 5.87. The fourth-order valence-electron chi connectivity index (χ4n) is 2.95. The summed E-state index contributed by atoms with van der Waals surface area (Å²) in [6, 6.07) is 0. The zero-order valence-corrected chi connectivity index (χ0v) is 13.7. The number of nitrogens with zero attached hydrogens (tertiary/aromatic N) is 4. The summed E-state index contributed by atoms with van der Waals surface area (Å²) in [5, 5.41) is 6.41. The van der Waals surface area contributed by atoms with Gasteiger partial charge in [-0.25, -0.2) is 0 Å². The predicted octanol–water partition coefficient (Wildman–Crippen LogP) is 2.61. The molecule has 1 aromatic heterocycles. The van der Waals surface area contributed by atoms with Crippen LogP contribution >= 0.6 is 0 Å². The largest absolute Gasteiger partial charge is 0.357 e. The topological polar surface area (TPSA) is 66.0 Å². The van der Waals surface area contributed by atoms with E-state index in [1.807, 2.05) is 7.05 Å². The van der Waals surface area contributed by atoms with Crippen molar-refractivity contribution in [1.82, 2.24) is 15.0 Å². The quantitative estimate of drug-likeness (QED) is 0.805. The van der Waals surface area contributed by atoms with E-state index >= 15 is 0 Å². The Hall–Kier alpha value is -1.59. The van der Waals surface area contributed by atoms with Crippen molar-refractivity contribution in [2.45, 2.75) is 40.0 Å². The molecule has 6 nitrogen and oxygen atoms in total. The van der Waals surface area contributed by atoms with E-state index in [4.69, 9.17) is 0 Å². The van der Waals surface area contributed by atoms with Gasteiger partial charge in [0.15, 0.2) is 0 Å². The van der Waals surface area contributed by atoms with Crippen molar-refractivity contribution < 1.29 is 0 Å². The maximum absolute atomic E-state index is 4.56. The molecule has 1 heterocycles. The fourth-order valence-corrected chi connectivity index (χ4v) is 2.95. The molecule has 1 fully saturated rings. The molecule has 118 valence electrons. The van der Waals surface area contributed by atoms with Crippen LogP contribution in [0.3, 0.4) is 0 Å². The summed E-state index contributed by atoms with van der Waals surface area (Å²) in [5.74, 6) is 3.63. The van der Waals surface area contributed by atoms with Gasteiger partial charge in [-0.15, -0.1) is 0 Å². The summed E-state index contributed by atoms with van der Waals surface area (Å²) in [6.07, 6.45) is 3.96. The monoisotopic (exact) mass is 292 g/mol. The van der Waals surface area contributed by atoms with Gasteiger partial charge in [-0.1, -0.05) is 13.3 Å². The SMILES string of the molecule is CCN(CC)c1nc(NC)nc(NCC2CCC(C)C2)n1. The fraction of sp³-hybridized carbons (Fsp3) is 0.800. The lowest BCUT2D eigenvalue weighted by Crippen LogP contribution is -2.25. The minimum atomic E-state index is 0.620. The zero-order valence-electron chi connectivity index (χ0n) is 13.7. The van der Waals surface area contributed by atoms with Gasteiger partial charge in [-0.3, -0.25) is 0 Å². The third-order valence-corrected chi connectivity index (χ3v) is 4.25. The van der Waals surface area contributed by atoms with Crippen molar-refractivity contribution in [2.75, 3.05) is 42.2 Å². The van der Waals surface area contributed by atoms with Crippen LogP contribution in [0.4, 0.5) is 17.8 Å². The van der Waals surface area contributed by atoms with Gasteiger partial charge in [-0.05, 0) is 38.5 Å². The molecular weight excluding hydrogens is 264 g/mol. The van der Waals surface area contributed by atoms with E-state index in [1.165, 1.54) is 19.3 Å². The first-order valence-electron chi connectivity index (χ1n) is 8.08. The van der Waals surface area contributed by atoms with Gasteiger partial charge in [0.05, 0.1) is 0 Å². The Morgan fingerprint density at radius 2 is 1.81 bits per heavy atom. The number of rotatable bonds is 7. The van der Waals surface area contributed by atoms with Crippen LogP contribution < -0.4 is 15.5 Å². The molecule has 1 aromatic rings. The molecule has 1 aliphatic rings. The smallest absolute Gasteiger partial charge is 0.231 e. The summed E-state index contributed by atoms with van der Waals surface area (Å²) < 4.78 is 0. The molecule has 0 saturated heterocycles. The number of hydrogen-bond acceptors (Lipinski definition) is 6. The summed E-state index contributed by atoms with van der Waals surface area (Å²) in [6.45, 7) is 9.29. The summed E-state index contributed by atoms with van der Waals surface area (Å²) in [4.78, 5) is 15.5. The molecule has 0 aliphatic heterocycles. The Bertz CT molecular complexity index is 446. The second-order valence-corrected chi connectivity index (χ2v) is 5.87. The van der Waals surface area contributed by atoms with Gasteiger partial charge >= 0.3 is 0 Å². The first-order valence-corrected chi connectivity index (χ1v) is 8.08. The molecule has 0 aromatic carbocycles. The van der Waals surface area contributed by atoms with E-state index in [9.17, 15) is 0 Å². The highest BCUT2D eigenvalue weighted by Crippen LogP contribution is 2.30. The maximum Gasteiger partial charge on any atom is 0.231 e. The van der Waals surface area contributed by atoms with E-state index in [0.29, 0.717) is 11.9 Å². The molecule has 1 saturated carbocycles. The van der Waals surface area contributed by atoms with Crippen LogP contribution in [0.2, 0.25) is 0 Å². The van der Waals surface area contributed by atoms with Crippen LogP contribution in [0.5, 0.6) is 0 Å². The lowest BCUT2D eigenvalue weighted by atomic mass is 10.1. The van der Waals surface area contributed by atoms with E-state index in [0.717, 1.165) is 37.4 Å². The van der Waals surface area contributed by atoms with Crippen molar-refractivity contribution in [3.63, 3.8) is 0 Å². The van der Waals surface area contributed by atoms with Crippen molar-refractivity contribution in [3.05, 3.63) is 0 Å². The third-order valence-electron chi connectivity index (χ3n) is 4.25. The van der Waals surface area contributed by atoms with Crippen molar-refractivity contribution in [2.24, 2.45) is 11.8 Å². The molecule has 2 N–H and O–H groups in total. The van der Waals surface area contributed by atoms with Crippen LogP contribution in [0.25, 0.3) is 0 Å². The van der Waals surface area contributed by atoms with Gasteiger partial charge < -0.3 is 15.5 Å². The molecule has 0 amide bonds. The molecule has 0 bridgehead atoms. The van der Waals surface area contributed by atoms with E-state index < -0.39 is 0 Å². The first-order chi connectivity index (χ1) is 10.2. The molecule has 2 rings (SSSR count). The minimum Gasteiger partial charge on any atom is -0.357 e. The Kier molecular flexibility index (Phi) is 5.59. The molecule has 2 atom stereocenters. The van der Waals surface area contributed by atoms with Gasteiger partial charge in [-0.2, -0.15) is 15.0 Å². The summed E-state index contributed by atoms with van der Waals surface area (Å²) >= 11 is 0. The van der Waals surface area contributed by atoms with Crippen molar-refractivity contribution in [3.8, 4) is 0 Å². The lowest BCUT2D eigenvalue weighted by Gasteiger charge is -2.20. The number of nitrogens with one attached hydrogen (secondary N) is 2. The van der Waals surface area contributed by atoms with E-state index in [1.54, 1.807) is 0 Å². The number of anilines is 3. The minimum absolute atomic E-state index is 0.620. The van der Waals surface area contributed by atoms with Crippen LogP contribution in [-0.2, 0) is 0 Å². The van der Waals surface area contributed by atoms with Crippen molar-refractivity contribution >= 4 is 17.8 Å². The highest BCUT2D eigenvalue weighted by molar-refractivity contribution is 5.43.